The van der Waals surface area contributed by atoms with Crippen LogP contribution in [0.4, 0.5) is 0 Å². The van der Waals surface area contributed by atoms with E-state index in [0.717, 1.165) is 16.7 Å². The van der Waals surface area contributed by atoms with E-state index in [4.69, 9.17) is 14.2 Å². The van der Waals surface area contributed by atoms with E-state index in [1.807, 2.05) is 81.4 Å². The van der Waals surface area contributed by atoms with Gasteiger partial charge >= 0.3 is 5.97 Å². The zero-order valence-electron chi connectivity index (χ0n) is 16.0. The molecular weight excluding hydrogens is 352 g/mol. The normalized spacial score (nSPS) is 19.3. The fraction of sp³-hybridized carbons (Fsp3) is 0.208. The van der Waals surface area contributed by atoms with E-state index in [1.54, 1.807) is 6.07 Å². The summed E-state index contributed by atoms with van der Waals surface area (Å²) in [5, 5.41) is 0. The molecule has 0 saturated heterocycles. The van der Waals surface area contributed by atoms with Crippen molar-refractivity contribution in [2.45, 2.75) is 32.0 Å². The zero-order valence-corrected chi connectivity index (χ0v) is 16.0. The van der Waals surface area contributed by atoms with E-state index in [2.05, 4.69) is 0 Å². The van der Waals surface area contributed by atoms with Crippen LogP contribution in [0.3, 0.4) is 0 Å². The van der Waals surface area contributed by atoms with Gasteiger partial charge in [0, 0.05) is 22.8 Å². The maximum atomic E-state index is 12.7. The quantitative estimate of drug-likeness (QED) is 0.534. The minimum absolute atomic E-state index is 0.326. The van der Waals surface area contributed by atoms with Gasteiger partial charge in [-0.05, 0) is 45.0 Å². The lowest BCUT2D eigenvalue weighted by molar-refractivity contribution is 0.0224. The van der Waals surface area contributed by atoms with Gasteiger partial charge in [0.1, 0.15) is 22.8 Å². The first-order chi connectivity index (χ1) is 13.4. The van der Waals surface area contributed by atoms with E-state index < -0.39 is 5.60 Å². The molecule has 2 heterocycles. The second-order valence-electron chi connectivity index (χ2n) is 8.09. The number of hydrogen-bond acceptors (Lipinski definition) is 4. The van der Waals surface area contributed by atoms with Crippen molar-refractivity contribution in [3.8, 4) is 17.2 Å². The number of hydrogen-bond donors (Lipinski definition) is 0. The molecule has 1 unspecified atom stereocenters. The van der Waals surface area contributed by atoms with E-state index in [0.29, 0.717) is 22.8 Å². The maximum Gasteiger partial charge on any atom is 0.340 e. The third-order valence-electron chi connectivity index (χ3n) is 5.01. The Hall–Kier alpha value is -3.27. The van der Waals surface area contributed by atoms with Crippen LogP contribution in [0.2, 0.25) is 0 Å². The Labute approximate surface area is 163 Å². The van der Waals surface area contributed by atoms with Gasteiger partial charge in [-0.1, -0.05) is 36.4 Å². The molecule has 0 aromatic heterocycles. The van der Waals surface area contributed by atoms with E-state index >= 15 is 0 Å². The molecule has 5 rings (SSSR count). The lowest BCUT2D eigenvalue weighted by Gasteiger charge is -2.36. The van der Waals surface area contributed by atoms with E-state index in [9.17, 15) is 4.79 Å². The Balaban J connectivity index is 1.77. The first-order valence-corrected chi connectivity index (χ1v) is 9.32. The number of carbonyl (C=O) groups is 1. The number of fused-ring (bicyclic) bond motifs is 6. The van der Waals surface area contributed by atoms with Gasteiger partial charge < -0.3 is 14.2 Å². The summed E-state index contributed by atoms with van der Waals surface area (Å²) in [6.45, 7) is 6.00. The summed E-state index contributed by atoms with van der Waals surface area (Å²) in [6, 6.07) is 20.9. The van der Waals surface area contributed by atoms with E-state index in [-0.39, 0.29) is 11.6 Å². The number of esters is 1. The van der Waals surface area contributed by atoms with Crippen LogP contribution in [0, 0.1) is 0 Å². The lowest BCUT2D eigenvalue weighted by atomic mass is 9.78. The minimum atomic E-state index is -1.02. The van der Waals surface area contributed by atoms with Crippen LogP contribution in [-0.2, 0) is 10.3 Å². The summed E-state index contributed by atoms with van der Waals surface area (Å²) >= 11 is 0. The van der Waals surface area contributed by atoms with Crippen molar-refractivity contribution in [3.05, 3.63) is 89.0 Å². The molecule has 0 amide bonds. The molecule has 28 heavy (non-hydrogen) atoms. The SMILES string of the molecule is CC(C)(C)Oc1ccc2c(c1)Oc1ccccc1C21OC(=O)c2ccccc21. The Kier molecular flexibility index (Phi) is 3.38. The molecule has 0 fully saturated rings. The van der Waals surface area contributed by atoms with Crippen molar-refractivity contribution in [1.82, 2.24) is 0 Å². The summed E-state index contributed by atoms with van der Waals surface area (Å²) in [6.07, 6.45) is 0. The first-order valence-electron chi connectivity index (χ1n) is 9.32. The molecule has 2 aliphatic heterocycles. The largest absolute Gasteiger partial charge is 0.488 e. The van der Waals surface area contributed by atoms with Gasteiger partial charge in [0.25, 0.3) is 0 Å². The molecule has 2 aliphatic rings. The smallest absolute Gasteiger partial charge is 0.340 e. The molecule has 0 bridgehead atoms. The molecule has 3 aromatic rings. The van der Waals surface area contributed by atoms with Crippen molar-refractivity contribution in [2.24, 2.45) is 0 Å². The topological polar surface area (TPSA) is 44.8 Å². The highest BCUT2D eigenvalue weighted by atomic mass is 16.6. The molecule has 140 valence electrons. The van der Waals surface area contributed by atoms with Crippen molar-refractivity contribution in [2.75, 3.05) is 0 Å². The molecule has 3 aromatic carbocycles. The highest BCUT2D eigenvalue weighted by Crippen LogP contribution is 2.56. The van der Waals surface area contributed by atoms with Gasteiger partial charge in [0.15, 0.2) is 5.60 Å². The molecule has 4 nitrogen and oxygen atoms in total. The Bertz CT molecular complexity index is 1110. The lowest BCUT2D eigenvalue weighted by Crippen LogP contribution is -2.33. The molecule has 4 heteroatoms. The van der Waals surface area contributed by atoms with Crippen LogP contribution < -0.4 is 9.47 Å². The summed E-state index contributed by atoms with van der Waals surface area (Å²) in [5.41, 5.74) is 1.70. The number of rotatable bonds is 1. The van der Waals surface area contributed by atoms with Gasteiger partial charge in [-0.3, -0.25) is 0 Å². The predicted molar refractivity (Wildman–Crippen MR) is 105 cm³/mol. The number of para-hydroxylation sites is 1. The van der Waals surface area contributed by atoms with Crippen molar-refractivity contribution in [1.29, 1.82) is 0 Å². The number of carbonyl (C=O) groups excluding carboxylic acids is 1. The van der Waals surface area contributed by atoms with Crippen LogP contribution >= 0.6 is 0 Å². The predicted octanol–water partition coefficient (Wildman–Crippen LogP) is 5.43. The molecule has 0 saturated carbocycles. The molecule has 0 aliphatic carbocycles. The van der Waals surface area contributed by atoms with Gasteiger partial charge in [0.2, 0.25) is 0 Å². The highest BCUT2D eigenvalue weighted by Gasteiger charge is 2.53. The zero-order chi connectivity index (χ0) is 19.5. The molecule has 1 spiro atoms. The van der Waals surface area contributed by atoms with Crippen LogP contribution in [-0.4, -0.2) is 11.6 Å². The van der Waals surface area contributed by atoms with Crippen LogP contribution in [0.25, 0.3) is 0 Å². The van der Waals surface area contributed by atoms with Crippen molar-refractivity contribution >= 4 is 5.97 Å². The summed E-state index contributed by atoms with van der Waals surface area (Å²) in [5.74, 6) is 1.68. The van der Waals surface area contributed by atoms with Gasteiger partial charge in [0.05, 0.1) is 5.56 Å². The highest BCUT2D eigenvalue weighted by molar-refractivity contribution is 5.97. The summed E-state index contributed by atoms with van der Waals surface area (Å²) in [7, 11) is 0. The monoisotopic (exact) mass is 372 g/mol. The van der Waals surface area contributed by atoms with Gasteiger partial charge in [-0.2, -0.15) is 0 Å². The van der Waals surface area contributed by atoms with Gasteiger partial charge in [-0.25, -0.2) is 4.79 Å². The second-order valence-corrected chi connectivity index (χ2v) is 8.09. The van der Waals surface area contributed by atoms with Crippen LogP contribution in [0.1, 0.15) is 47.8 Å². The third kappa shape index (κ3) is 2.34. The second kappa shape index (κ2) is 5.61. The average molecular weight is 372 g/mol. The molecular formula is C24H20O4. The third-order valence-corrected chi connectivity index (χ3v) is 5.01. The average Bonchev–Trinajstić information content (AvgIpc) is 2.94. The van der Waals surface area contributed by atoms with Crippen molar-refractivity contribution < 1.29 is 19.0 Å². The van der Waals surface area contributed by atoms with Gasteiger partial charge in [-0.15, -0.1) is 0 Å². The summed E-state index contributed by atoms with van der Waals surface area (Å²) in [4.78, 5) is 12.7. The number of benzene rings is 3. The molecule has 0 radical (unpaired) electrons. The van der Waals surface area contributed by atoms with Crippen LogP contribution in [0.5, 0.6) is 17.2 Å². The summed E-state index contributed by atoms with van der Waals surface area (Å²) < 4.78 is 18.3. The molecule has 1 atom stereocenters. The van der Waals surface area contributed by atoms with Crippen LogP contribution in [0.15, 0.2) is 66.7 Å². The Morgan fingerprint density at radius 2 is 1.50 bits per heavy atom. The number of ether oxygens (including phenoxy) is 3. The van der Waals surface area contributed by atoms with E-state index in [1.165, 1.54) is 0 Å². The Morgan fingerprint density at radius 3 is 2.29 bits per heavy atom. The Morgan fingerprint density at radius 1 is 0.821 bits per heavy atom. The fourth-order valence-corrected chi connectivity index (χ4v) is 4.02. The fourth-order valence-electron chi connectivity index (χ4n) is 4.02. The standard InChI is InChI=1S/C24H20O4/c1-23(2,3)27-15-12-13-19-21(14-15)26-20-11-7-6-10-18(20)24(19)17-9-5-4-8-16(17)22(25)28-24/h4-14H,1-3H3. The van der Waals surface area contributed by atoms with Crippen molar-refractivity contribution in [3.63, 3.8) is 0 Å². The maximum absolute atomic E-state index is 12.7. The first kappa shape index (κ1) is 16.9. The minimum Gasteiger partial charge on any atom is -0.488 e. The molecule has 0 N–H and O–H groups in total.